The van der Waals surface area contributed by atoms with E-state index in [4.69, 9.17) is 4.98 Å². The van der Waals surface area contributed by atoms with Crippen LogP contribution in [0.1, 0.15) is 23.0 Å². The van der Waals surface area contributed by atoms with Crippen molar-refractivity contribution < 1.29 is 4.79 Å². The number of hydrogen-bond acceptors (Lipinski definition) is 4. The minimum atomic E-state index is 0.0547. The van der Waals surface area contributed by atoms with Gasteiger partial charge < -0.3 is 10.2 Å². The lowest BCUT2D eigenvalue weighted by molar-refractivity contribution is 0.0711. The van der Waals surface area contributed by atoms with Gasteiger partial charge in [-0.1, -0.05) is 30.3 Å². The molecular weight excluding hydrogens is 326 g/mol. The summed E-state index contributed by atoms with van der Waals surface area (Å²) in [6.07, 6.45) is 0. The number of carbonyl (C=O) groups is 1. The Morgan fingerprint density at radius 2 is 2.04 bits per heavy atom. The summed E-state index contributed by atoms with van der Waals surface area (Å²) >= 11 is 0. The van der Waals surface area contributed by atoms with Gasteiger partial charge in [0.15, 0.2) is 5.65 Å². The number of fused-ring (bicyclic) bond motifs is 1. The van der Waals surface area contributed by atoms with Crippen LogP contribution in [0.25, 0.3) is 22.3 Å². The Hall–Kier alpha value is -2.73. The third-order valence-electron chi connectivity index (χ3n) is 4.92. The summed E-state index contributed by atoms with van der Waals surface area (Å²) in [5.41, 5.74) is 4.06. The Kier molecular flexibility index (Phi) is 4.20. The molecule has 0 radical (unpaired) electrons. The van der Waals surface area contributed by atoms with Crippen LogP contribution in [0.3, 0.4) is 0 Å². The maximum Gasteiger partial charge on any atom is 0.254 e. The van der Waals surface area contributed by atoms with Gasteiger partial charge in [-0.25, -0.2) is 4.98 Å². The fraction of sp³-hybridized carbons (Fsp3) is 0.350. The van der Waals surface area contributed by atoms with Crippen LogP contribution >= 0.6 is 0 Å². The van der Waals surface area contributed by atoms with E-state index in [0.29, 0.717) is 24.7 Å². The first-order valence-corrected chi connectivity index (χ1v) is 8.97. The summed E-state index contributed by atoms with van der Waals surface area (Å²) in [5, 5.41) is 8.74. The van der Waals surface area contributed by atoms with Crippen molar-refractivity contribution in [2.75, 3.05) is 19.6 Å². The van der Waals surface area contributed by atoms with Crippen molar-refractivity contribution in [3.8, 4) is 11.3 Å². The average molecular weight is 349 g/mol. The summed E-state index contributed by atoms with van der Waals surface area (Å²) in [4.78, 5) is 20.1. The van der Waals surface area contributed by atoms with Gasteiger partial charge in [-0.05, 0) is 19.9 Å². The van der Waals surface area contributed by atoms with E-state index in [1.807, 2.05) is 55.3 Å². The number of pyridine rings is 1. The molecule has 0 spiro atoms. The standard InChI is InChI=1S/C20H23N5O/c1-13-12-25(10-9-21-13)20(26)16-11-17(15-7-5-4-6-8-15)22-19-18(16)14(2)23-24(19)3/h4-8,11,13,21H,9-10,12H2,1-3H3. The van der Waals surface area contributed by atoms with E-state index in [1.54, 1.807) is 4.68 Å². The minimum Gasteiger partial charge on any atom is -0.336 e. The molecule has 0 saturated carbocycles. The molecule has 1 fully saturated rings. The van der Waals surface area contributed by atoms with Crippen molar-refractivity contribution in [1.29, 1.82) is 0 Å². The molecule has 1 aromatic carbocycles. The third-order valence-corrected chi connectivity index (χ3v) is 4.92. The summed E-state index contributed by atoms with van der Waals surface area (Å²) < 4.78 is 1.76. The average Bonchev–Trinajstić information content (AvgIpc) is 2.95. The van der Waals surface area contributed by atoms with Crippen molar-refractivity contribution in [3.05, 3.63) is 47.7 Å². The second-order valence-corrected chi connectivity index (χ2v) is 6.94. The zero-order valence-corrected chi connectivity index (χ0v) is 15.4. The maximum atomic E-state index is 13.3. The molecule has 134 valence electrons. The largest absolute Gasteiger partial charge is 0.336 e. The molecule has 4 rings (SSSR count). The van der Waals surface area contributed by atoms with E-state index in [9.17, 15) is 4.79 Å². The minimum absolute atomic E-state index is 0.0547. The van der Waals surface area contributed by atoms with Crippen LogP contribution in [0.2, 0.25) is 0 Å². The molecule has 2 aromatic heterocycles. The Balaban J connectivity index is 1.88. The Bertz CT molecular complexity index is 963. The van der Waals surface area contributed by atoms with E-state index in [0.717, 1.165) is 34.5 Å². The fourth-order valence-electron chi connectivity index (χ4n) is 3.66. The first kappa shape index (κ1) is 16.7. The van der Waals surface area contributed by atoms with Crippen molar-refractivity contribution in [2.24, 2.45) is 7.05 Å². The van der Waals surface area contributed by atoms with E-state index in [2.05, 4.69) is 17.3 Å². The molecule has 3 aromatic rings. The number of aryl methyl sites for hydroxylation is 2. The van der Waals surface area contributed by atoms with Crippen LogP contribution in [-0.2, 0) is 7.05 Å². The van der Waals surface area contributed by atoms with Crippen molar-refractivity contribution in [2.45, 2.75) is 19.9 Å². The number of amides is 1. The van der Waals surface area contributed by atoms with E-state index in [-0.39, 0.29) is 5.91 Å². The molecule has 6 heteroatoms. The lowest BCUT2D eigenvalue weighted by Crippen LogP contribution is -2.51. The topological polar surface area (TPSA) is 63.1 Å². The maximum absolute atomic E-state index is 13.3. The van der Waals surface area contributed by atoms with Gasteiger partial charge in [0.05, 0.1) is 22.3 Å². The zero-order valence-electron chi connectivity index (χ0n) is 15.4. The Morgan fingerprint density at radius 3 is 2.77 bits per heavy atom. The van der Waals surface area contributed by atoms with Crippen LogP contribution < -0.4 is 5.32 Å². The lowest BCUT2D eigenvalue weighted by atomic mass is 10.0. The number of nitrogens with zero attached hydrogens (tertiary/aromatic N) is 4. The van der Waals surface area contributed by atoms with Gasteiger partial charge in [0, 0.05) is 38.3 Å². The summed E-state index contributed by atoms with van der Waals surface area (Å²) in [6.45, 7) is 6.28. The number of hydrogen-bond donors (Lipinski definition) is 1. The molecule has 1 N–H and O–H groups in total. The number of carbonyl (C=O) groups excluding carboxylic acids is 1. The molecule has 1 amide bonds. The van der Waals surface area contributed by atoms with Crippen molar-refractivity contribution in [1.82, 2.24) is 25.0 Å². The van der Waals surface area contributed by atoms with Gasteiger partial charge in [-0.3, -0.25) is 9.48 Å². The van der Waals surface area contributed by atoms with Crippen LogP contribution in [0.15, 0.2) is 36.4 Å². The predicted octanol–water partition coefficient (Wildman–Crippen LogP) is 2.38. The highest BCUT2D eigenvalue weighted by molar-refractivity contribution is 6.07. The van der Waals surface area contributed by atoms with Gasteiger partial charge in [0.25, 0.3) is 5.91 Å². The molecule has 6 nitrogen and oxygen atoms in total. The number of aromatic nitrogens is 3. The second-order valence-electron chi connectivity index (χ2n) is 6.94. The molecule has 26 heavy (non-hydrogen) atoms. The van der Waals surface area contributed by atoms with Gasteiger partial charge >= 0.3 is 0 Å². The normalized spacial score (nSPS) is 17.7. The van der Waals surface area contributed by atoms with Crippen LogP contribution in [0, 0.1) is 6.92 Å². The zero-order chi connectivity index (χ0) is 18.3. The SMILES string of the molecule is Cc1nn(C)c2nc(-c3ccccc3)cc(C(=O)N3CCNC(C)C3)c12. The molecule has 1 aliphatic heterocycles. The molecule has 0 bridgehead atoms. The fourth-order valence-corrected chi connectivity index (χ4v) is 3.66. The summed E-state index contributed by atoms with van der Waals surface area (Å²) in [7, 11) is 1.87. The van der Waals surface area contributed by atoms with E-state index < -0.39 is 0 Å². The lowest BCUT2D eigenvalue weighted by Gasteiger charge is -2.32. The first-order valence-electron chi connectivity index (χ1n) is 8.97. The van der Waals surface area contributed by atoms with Crippen LogP contribution in [0.4, 0.5) is 0 Å². The van der Waals surface area contributed by atoms with E-state index >= 15 is 0 Å². The Morgan fingerprint density at radius 1 is 1.27 bits per heavy atom. The van der Waals surface area contributed by atoms with Gasteiger partial charge in [-0.2, -0.15) is 5.10 Å². The molecule has 3 heterocycles. The molecule has 1 unspecified atom stereocenters. The highest BCUT2D eigenvalue weighted by atomic mass is 16.2. The van der Waals surface area contributed by atoms with Gasteiger partial charge in [0.2, 0.25) is 0 Å². The predicted molar refractivity (Wildman–Crippen MR) is 102 cm³/mol. The van der Waals surface area contributed by atoms with Gasteiger partial charge in [-0.15, -0.1) is 0 Å². The highest BCUT2D eigenvalue weighted by Crippen LogP contribution is 2.28. The highest BCUT2D eigenvalue weighted by Gasteiger charge is 2.26. The Labute approximate surface area is 152 Å². The van der Waals surface area contributed by atoms with Crippen LogP contribution in [-0.4, -0.2) is 51.2 Å². The van der Waals surface area contributed by atoms with Crippen LogP contribution in [0.5, 0.6) is 0 Å². The first-order chi connectivity index (χ1) is 12.5. The molecule has 1 saturated heterocycles. The molecule has 1 aliphatic rings. The van der Waals surface area contributed by atoms with Crippen molar-refractivity contribution in [3.63, 3.8) is 0 Å². The molecule has 0 aliphatic carbocycles. The second kappa shape index (κ2) is 6.53. The molecule has 1 atom stereocenters. The summed E-state index contributed by atoms with van der Waals surface area (Å²) in [6, 6.07) is 12.2. The molecular formula is C20H23N5O. The van der Waals surface area contributed by atoms with E-state index in [1.165, 1.54) is 0 Å². The monoisotopic (exact) mass is 349 g/mol. The van der Waals surface area contributed by atoms with Crippen molar-refractivity contribution >= 4 is 16.9 Å². The number of benzene rings is 1. The smallest absolute Gasteiger partial charge is 0.254 e. The van der Waals surface area contributed by atoms with Gasteiger partial charge in [0.1, 0.15) is 0 Å². The summed E-state index contributed by atoms with van der Waals surface area (Å²) in [5.74, 6) is 0.0547. The number of piperazine rings is 1. The number of rotatable bonds is 2. The number of nitrogens with one attached hydrogen (secondary N) is 1. The third kappa shape index (κ3) is 2.86. The quantitative estimate of drug-likeness (QED) is 0.772.